The van der Waals surface area contributed by atoms with Crippen LogP contribution in [-0.2, 0) is 32.4 Å². The summed E-state index contributed by atoms with van der Waals surface area (Å²) in [6, 6.07) is 8.92. The summed E-state index contributed by atoms with van der Waals surface area (Å²) >= 11 is 0. The first-order chi connectivity index (χ1) is 16.5. The maximum Gasteiger partial charge on any atom is 0.416 e. The largest absolute Gasteiger partial charge is 0.495 e. The van der Waals surface area contributed by atoms with Gasteiger partial charge < -0.3 is 4.74 Å². The lowest BCUT2D eigenvalue weighted by Crippen LogP contribution is -2.17. The average Bonchev–Trinajstić information content (AvgIpc) is 2.77. The molecule has 0 aliphatic rings. The highest BCUT2D eigenvalue weighted by atomic mass is 32.2. The molecule has 36 heavy (non-hydrogen) atoms. The van der Waals surface area contributed by atoms with Gasteiger partial charge in [-0.3, -0.25) is 9.44 Å². The van der Waals surface area contributed by atoms with E-state index in [1.54, 1.807) is 0 Å². The van der Waals surface area contributed by atoms with E-state index in [0.717, 1.165) is 49.6 Å². The molecule has 15 heteroatoms. The quantitative estimate of drug-likeness (QED) is 0.385. The molecule has 3 rings (SSSR count). The second-order valence-electron chi connectivity index (χ2n) is 7.17. The van der Waals surface area contributed by atoms with Crippen LogP contribution in [0.3, 0.4) is 0 Å². The number of halogens is 6. The van der Waals surface area contributed by atoms with Crippen molar-refractivity contribution in [2.45, 2.75) is 22.1 Å². The van der Waals surface area contributed by atoms with Crippen LogP contribution >= 0.6 is 0 Å². The minimum absolute atomic E-state index is 0.217. The van der Waals surface area contributed by atoms with E-state index >= 15 is 0 Å². The molecule has 0 amide bonds. The van der Waals surface area contributed by atoms with Gasteiger partial charge in [-0.05, 0) is 66.7 Å². The molecule has 194 valence electrons. The molecule has 0 saturated carbocycles. The van der Waals surface area contributed by atoms with Gasteiger partial charge in [0.15, 0.2) is 0 Å². The first-order valence-electron chi connectivity index (χ1n) is 9.61. The van der Waals surface area contributed by atoms with Crippen molar-refractivity contribution in [3.05, 3.63) is 77.9 Å². The van der Waals surface area contributed by atoms with Crippen molar-refractivity contribution in [1.29, 1.82) is 0 Å². The molecule has 0 bridgehead atoms. The van der Waals surface area contributed by atoms with Crippen molar-refractivity contribution in [2.75, 3.05) is 16.6 Å². The van der Waals surface area contributed by atoms with Crippen molar-refractivity contribution in [2.24, 2.45) is 0 Å². The highest BCUT2D eigenvalue weighted by Gasteiger charge is 2.31. The van der Waals surface area contributed by atoms with Crippen LogP contribution in [0.25, 0.3) is 0 Å². The fourth-order valence-corrected chi connectivity index (χ4v) is 5.33. The lowest BCUT2D eigenvalue weighted by Gasteiger charge is -2.15. The van der Waals surface area contributed by atoms with E-state index < -0.39 is 53.3 Å². The molecular weight excluding hydrogens is 538 g/mol. The van der Waals surface area contributed by atoms with Crippen molar-refractivity contribution in [1.82, 2.24) is 0 Å². The van der Waals surface area contributed by atoms with Gasteiger partial charge in [0.05, 0.1) is 23.1 Å². The first kappa shape index (κ1) is 27.1. The van der Waals surface area contributed by atoms with Gasteiger partial charge in [-0.2, -0.15) is 26.3 Å². The van der Waals surface area contributed by atoms with Gasteiger partial charge in [-0.25, -0.2) is 16.8 Å². The number of hydrogen-bond acceptors (Lipinski definition) is 5. The highest BCUT2D eigenvalue weighted by molar-refractivity contribution is 7.93. The number of alkyl halides is 6. The van der Waals surface area contributed by atoms with E-state index in [1.165, 1.54) is 0 Å². The smallest absolute Gasteiger partial charge is 0.416 e. The van der Waals surface area contributed by atoms with Crippen LogP contribution in [0.2, 0.25) is 0 Å². The molecule has 0 spiro atoms. The fourth-order valence-electron chi connectivity index (χ4n) is 2.91. The summed E-state index contributed by atoms with van der Waals surface area (Å²) in [5.41, 5.74) is -2.46. The number of methoxy groups -OCH3 is 1. The van der Waals surface area contributed by atoms with E-state index in [2.05, 4.69) is 0 Å². The third kappa shape index (κ3) is 6.20. The van der Waals surface area contributed by atoms with Crippen LogP contribution in [0.4, 0.5) is 37.7 Å². The Labute approximate surface area is 201 Å². The molecule has 0 unspecified atom stereocenters. The molecule has 0 aromatic heterocycles. The molecule has 0 radical (unpaired) electrons. The van der Waals surface area contributed by atoms with Crippen LogP contribution in [0.15, 0.2) is 76.5 Å². The Morgan fingerprint density at radius 3 is 1.44 bits per heavy atom. The van der Waals surface area contributed by atoms with Gasteiger partial charge in [0, 0.05) is 11.4 Å². The summed E-state index contributed by atoms with van der Waals surface area (Å²) in [6.07, 6.45) is -9.26. The average molecular weight is 554 g/mol. The number of benzene rings is 3. The summed E-state index contributed by atoms with van der Waals surface area (Å²) in [5, 5.41) is 0. The van der Waals surface area contributed by atoms with Gasteiger partial charge in [0.25, 0.3) is 20.0 Å². The van der Waals surface area contributed by atoms with Crippen LogP contribution in [0.5, 0.6) is 5.75 Å². The monoisotopic (exact) mass is 554 g/mol. The zero-order valence-electron chi connectivity index (χ0n) is 18.0. The summed E-state index contributed by atoms with van der Waals surface area (Å²) in [7, 11) is -7.91. The minimum atomic E-state index is -4.64. The number of ether oxygens (including phenoxy) is 1. The standard InChI is InChI=1S/C21H16F6N2O5S2/c1-34-18-11-10-17(35(30,31)28-15-6-2-13(3-7-15)20(22,23)24)12-19(18)36(32,33)29-16-8-4-14(5-9-16)21(25,26)27/h2-12,28-29H,1H3. The fraction of sp³-hybridized carbons (Fsp3) is 0.143. The maximum atomic E-state index is 12.9. The van der Waals surface area contributed by atoms with Crippen LogP contribution in [-0.4, -0.2) is 23.9 Å². The van der Waals surface area contributed by atoms with Gasteiger partial charge in [-0.1, -0.05) is 0 Å². The predicted molar refractivity (Wildman–Crippen MR) is 117 cm³/mol. The third-order valence-electron chi connectivity index (χ3n) is 4.66. The summed E-state index contributed by atoms with van der Waals surface area (Å²) < 4.78 is 137. The van der Waals surface area contributed by atoms with Gasteiger partial charge in [-0.15, -0.1) is 0 Å². The lowest BCUT2D eigenvalue weighted by molar-refractivity contribution is -0.138. The normalized spacial score (nSPS) is 12.8. The number of hydrogen-bond donors (Lipinski definition) is 2. The molecule has 3 aromatic rings. The van der Waals surface area contributed by atoms with E-state index in [0.29, 0.717) is 24.3 Å². The number of anilines is 2. The Hall–Kier alpha value is -3.46. The summed E-state index contributed by atoms with van der Waals surface area (Å²) in [5.74, 6) is -0.275. The first-order valence-corrected chi connectivity index (χ1v) is 12.6. The molecule has 0 aliphatic heterocycles. The Bertz CT molecular complexity index is 1450. The van der Waals surface area contributed by atoms with E-state index in [1.807, 2.05) is 9.44 Å². The van der Waals surface area contributed by atoms with Crippen molar-refractivity contribution in [3.8, 4) is 5.75 Å². The van der Waals surface area contributed by atoms with E-state index in [4.69, 9.17) is 4.74 Å². The summed E-state index contributed by atoms with van der Waals surface area (Å²) in [6.45, 7) is 0. The molecule has 2 N–H and O–H groups in total. The number of nitrogens with one attached hydrogen (secondary N) is 2. The topological polar surface area (TPSA) is 102 Å². The Balaban J connectivity index is 1.92. The Kier molecular flexibility index (Phi) is 7.19. The molecule has 0 aliphatic carbocycles. The SMILES string of the molecule is COc1ccc(S(=O)(=O)Nc2ccc(C(F)(F)F)cc2)cc1S(=O)(=O)Nc1ccc(C(F)(F)F)cc1. The maximum absolute atomic E-state index is 12.9. The van der Waals surface area contributed by atoms with E-state index in [-0.39, 0.29) is 17.1 Å². The molecule has 0 heterocycles. The molecular formula is C21H16F6N2O5S2. The highest BCUT2D eigenvalue weighted by Crippen LogP contribution is 2.33. The number of rotatable bonds is 7. The number of sulfonamides is 2. The van der Waals surface area contributed by atoms with Gasteiger partial charge in [0.1, 0.15) is 10.6 Å². The van der Waals surface area contributed by atoms with Crippen LogP contribution in [0.1, 0.15) is 11.1 Å². The zero-order valence-corrected chi connectivity index (χ0v) is 19.6. The van der Waals surface area contributed by atoms with Crippen molar-refractivity contribution < 1.29 is 47.9 Å². The van der Waals surface area contributed by atoms with Gasteiger partial charge in [0.2, 0.25) is 0 Å². The van der Waals surface area contributed by atoms with Crippen LogP contribution in [0, 0.1) is 0 Å². The predicted octanol–water partition coefficient (Wildman–Crippen LogP) is 5.33. The van der Waals surface area contributed by atoms with E-state index in [9.17, 15) is 43.2 Å². The molecule has 0 fully saturated rings. The lowest BCUT2D eigenvalue weighted by atomic mass is 10.2. The Morgan fingerprint density at radius 2 is 1.06 bits per heavy atom. The van der Waals surface area contributed by atoms with Crippen molar-refractivity contribution >= 4 is 31.4 Å². The molecule has 7 nitrogen and oxygen atoms in total. The molecule has 0 atom stereocenters. The third-order valence-corrected chi connectivity index (χ3v) is 7.45. The second kappa shape index (κ2) is 9.54. The van der Waals surface area contributed by atoms with Crippen molar-refractivity contribution in [3.63, 3.8) is 0 Å². The Morgan fingerprint density at radius 1 is 0.639 bits per heavy atom. The molecule has 0 saturated heterocycles. The minimum Gasteiger partial charge on any atom is -0.495 e. The van der Waals surface area contributed by atoms with Gasteiger partial charge >= 0.3 is 12.4 Å². The van der Waals surface area contributed by atoms with Crippen LogP contribution < -0.4 is 14.2 Å². The molecule has 3 aromatic carbocycles. The summed E-state index contributed by atoms with van der Waals surface area (Å²) in [4.78, 5) is -1.23. The zero-order chi connectivity index (χ0) is 26.9. The second-order valence-corrected chi connectivity index (χ2v) is 10.5.